The van der Waals surface area contributed by atoms with E-state index in [1.807, 2.05) is 25.1 Å². The Morgan fingerprint density at radius 3 is 2.32 bits per heavy atom. The summed E-state index contributed by atoms with van der Waals surface area (Å²) in [6, 6.07) is 14.7. The first-order chi connectivity index (χ1) is 16.3. The quantitative estimate of drug-likeness (QED) is 0.525. The standard InChI is InChI=1S/C26H28FN3O3S/c1-18-16-24(10-11-25(18)20-12-14-28-15-13-20)34(32,33)30-23-8-4-21(5-9-23)26(31)29-17-19-2-6-22(27)7-3-19/h2-3,6-7,10-16,21,23,30H,4-5,8-9,17H2,1H3,(H,29,31). The van der Waals surface area contributed by atoms with Crippen LogP contribution in [-0.2, 0) is 21.4 Å². The molecule has 4 rings (SSSR count). The number of benzene rings is 2. The van der Waals surface area contributed by atoms with E-state index in [-0.39, 0.29) is 28.6 Å². The van der Waals surface area contributed by atoms with Crippen molar-refractivity contribution in [1.82, 2.24) is 15.0 Å². The summed E-state index contributed by atoms with van der Waals surface area (Å²) >= 11 is 0. The molecule has 6 nitrogen and oxygen atoms in total. The fourth-order valence-electron chi connectivity index (χ4n) is 4.36. The molecule has 2 N–H and O–H groups in total. The number of hydrogen-bond acceptors (Lipinski definition) is 4. The van der Waals surface area contributed by atoms with Gasteiger partial charge in [-0.1, -0.05) is 18.2 Å². The van der Waals surface area contributed by atoms with Crippen molar-refractivity contribution in [2.45, 2.75) is 50.1 Å². The number of carbonyl (C=O) groups is 1. The Morgan fingerprint density at radius 1 is 1.00 bits per heavy atom. The van der Waals surface area contributed by atoms with Crippen molar-refractivity contribution < 1.29 is 17.6 Å². The minimum atomic E-state index is -3.66. The van der Waals surface area contributed by atoms with Crippen LogP contribution in [0.15, 0.2) is 71.9 Å². The highest BCUT2D eigenvalue weighted by atomic mass is 32.2. The Morgan fingerprint density at radius 2 is 1.68 bits per heavy atom. The van der Waals surface area contributed by atoms with Gasteiger partial charge in [-0.15, -0.1) is 0 Å². The minimum absolute atomic E-state index is 0.0482. The summed E-state index contributed by atoms with van der Waals surface area (Å²) in [5.41, 5.74) is 3.66. The average Bonchev–Trinajstić information content (AvgIpc) is 2.84. The lowest BCUT2D eigenvalue weighted by atomic mass is 9.86. The van der Waals surface area contributed by atoms with Crippen molar-refractivity contribution in [1.29, 1.82) is 0 Å². The average molecular weight is 482 g/mol. The molecule has 0 aliphatic heterocycles. The molecule has 0 spiro atoms. The summed E-state index contributed by atoms with van der Waals surface area (Å²) in [6.45, 7) is 2.24. The predicted molar refractivity (Wildman–Crippen MR) is 129 cm³/mol. The Kier molecular flexibility index (Phi) is 7.38. The molecule has 1 heterocycles. The monoisotopic (exact) mass is 481 g/mol. The summed E-state index contributed by atoms with van der Waals surface area (Å²) in [5, 5.41) is 2.90. The maximum atomic E-state index is 13.0. The van der Waals surface area contributed by atoms with Gasteiger partial charge in [-0.25, -0.2) is 17.5 Å². The lowest BCUT2D eigenvalue weighted by molar-refractivity contribution is -0.126. The number of amides is 1. The second kappa shape index (κ2) is 10.4. The number of sulfonamides is 1. The highest BCUT2D eigenvalue weighted by Gasteiger charge is 2.29. The van der Waals surface area contributed by atoms with Crippen LogP contribution in [0, 0.1) is 18.7 Å². The molecule has 8 heteroatoms. The van der Waals surface area contributed by atoms with Gasteiger partial charge in [0.05, 0.1) is 4.90 Å². The second-order valence-corrected chi connectivity index (χ2v) is 10.4. The number of hydrogen-bond donors (Lipinski definition) is 2. The molecule has 1 aliphatic carbocycles. The number of halogens is 1. The van der Waals surface area contributed by atoms with E-state index in [1.54, 1.807) is 36.7 Å². The molecule has 1 saturated carbocycles. The molecule has 1 aliphatic rings. The van der Waals surface area contributed by atoms with Gasteiger partial charge in [-0.05, 0) is 91.3 Å². The van der Waals surface area contributed by atoms with Gasteiger partial charge < -0.3 is 5.32 Å². The molecule has 0 radical (unpaired) electrons. The molecule has 0 bridgehead atoms. The van der Waals surface area contributed by atoms with Gasteiger partial charge in [0.2, 0.25) is 15.9 Å². The number of rotatable bonds is 7. The van der Waals surface area contributed by atoms with Crippen molar-refractivity contribution in [3.05, 3.63) is 83.9 Å². The van der Waals surface area contributed by atoms with Crippen LogP contribution in [0.1, 0.15) is 36.8 Å². The van der Waals surface area contributed by atoms with Gasteiger partial charge in [0.1, 0.15) is 5.82 Å². The third-order valence-electron chi connectivity index (χ3n) is 6.30. The lowest BCUT2D eigenvalue weighted by Gasteiger charge is -2.28. The highest BCUT2D eigenvalue weighted by Crippen LogP contribution is 2.28. The molecular formula is C26H28FN3O3S. The zero-order chi connectivity index (χ0) is 24.1. The zero-order valence-electron chi connectivity index (χ0n) is 19.0. The summed E-state index contributed by atoms with van der Waals surface area (Å²) in [7, 11) is -3.66. The Bertz CT molecular complexity index is 1240. The van der Waals surface area contributed by atoms with Crippen molar-refractivity contribution in [3.8, 4) is 11.1 Å². The van der Waals surface area contributed by atoms with Crippen LogP contribution in [0.4, 0.5) is 4.39 Å². The topological polar surface area (TPSA) is 88.2 Å². The summed E-state index contributed by atoms with van der Waals surface area (Å²) in [6.07, 6.45) is 5.84. The zero-order valence-corrected chi connectivity index (χ0v) is 19.8. The van der Waals surface area contributed by atoms with Crippen molar-refractivity contribution in [3.63, 3.8) is 0 Å². The van der Waals surface area contributed by atoms with Crippen LogP contribution in [0.2, 0.25) is 0 Å². The number of carbonyl (C=O) groups excluding carboxylic acids is 1. The lowest BCUT2D eigenvalue weighted by Crippen LogP contribution is -2.40. The van der Waals surface area contributed by atoms with Crippen LogP contribution < -0.4 is 10.0 Å². The first-order valence-electron chi connectivity index (χ1n) is 11.4. The van der Waals surface area contributed by atoms with E-state index < -0.39 is 10.0 Å². The van der Waals surface area contributed by atoms with Gasteiger partial charge in [-0.3, -0.25) is 9.78 Å². The van der Waals surface area contributed by atoms with Gasteiger partial charge >= 0.3 is 0 Å². The largest absolute Gasteiger partial charge is 0.352 e. The van der Waals surface area contributed by atoms with Crippen molar-refractivity contribution in [2.75, 3.05) is 0 Å². The van der Waals surface area contributed by atoms with Crippen LogP contribution >= 0.6 is 0 Å². The van der Waals surface area contributed by atoms with Gasteiger partial charge in [-0.2, -0.15) is 0 Å². The molecule has 1 amide bonds. The molecule has 2 aromatic carbocycles. The summed E-state index contributed by atoms with van der Waals surface area (Å²) in [4.78, 5) is 16.8. The van der Waals surface area contributed by atoms with E-state index in [0.29, 0.717) is 32.2 Å². The Hall–Kier alpha value is -3.10. The first kappa shape index (κ1) is 24.0. The normalized spacial score (nSPS) is 18.4. The van der Waals surface area contributed by atoms with Crippen LogP contribution in [0.3, 0.4) is 0 Å². The van der Waals surface area contributed by atoms with Gasteiger partial charge in [0.25, 0.3) is 0 Å². The second-order valence-electron chi connectivity index (χ2n) is 8.73. The van der Waals surface area contributed by atoms with E-state index in [4.69, 9.17) is 0 Å². The number of aromatic nitrogens is 1. The smallest absolute Gasteiger partial charge is 0.240 e. The number of pyridine rings is 1. The molecule has 1 aromatic heterocycles. The van der Waals surface area contributed by atoms with E-state index in [1.165, 1.54) is 12.1 Å². The summed E-state index contributed by atoms with van der Waals surface area (Å²) < 4.78 is 41.8. The summed E-state index contributed by atoms with van der Waals surface area (Å²) in [5.74, 6) is -0.508. The molecule has 34 heavy (non-hydrogen) atoms. The molecule has 0 saturated heterocycles. The fourth-order valence-corrected chi connectivity index (χ4v) is 5.75. The van der Waals surface area contributed by atoms with Crippen molar-refractivity contribution >= 4 is 15.9 Å². The number of nitrogens with one attached hydrogen (secondary N) is 2. The van der Waals surface area contributed by atoms with E-state index in [0.717, 1.165) is 22.3 Å². The SMILES string of the molecule is Cc1cc(S(=O)(=O)NC2CCC(C(=O)NCc3ccc(F)cc3)CC2)ccc1-c1ccncc1. The fraction of sp³-hybridized carbons (Fsp3) is 0.308. The van der Waals surface area contributed by atoms with E-state index >= 15 is 0 Å². The third-order valence-corrected chi connectivity index (χ3v) is 7.82. The van der Waals surface area contributed by atoms with Crippen LogP contribution in [0.25, 0.3) is 11.1 Å². The maximum Gasteiger partial charge on any atom is 0.240 e. The molecular weight excluding hydrogens is 453 g/mol. The minimum Gasteiger partial charge on any atom is -0.352 e. The van der Waals surface area contributed by atoms with Crippen molar-refractivity contribution in [2.24, 2.45) is 5.92 Å². The van der Waals surface area contributed by atoms with Crippen LogP contribution in [0.5, 0.6) is 0 Å². The van der Waals surface area contributed by atoms with E-state index in [9.17, 15) is 17.6 Å². The Balaban J connectivity index is 1.31. The molecule has 0 atom stereocenters. The molecule has 1 fully saturated rings. The number of nitrogens with zero attached hydrogens (tertiary/aromatic N) is 1. The number of aryl methyl sites for hydroxylation is 1. The molecule has 3 aromatic rings. The molecule has 178 valence electrons. The first-order valence-corrected chi connectivity index (χ1v) is 12.9. The van der Waals surface area contributed by atoms with E-state index in [2.05, 4.69) is 15.0 Å². The van der Waals surface area contributed by atoms with Gasteiger partial charge in [0, 0.05) is 30.9 Å². The molecule has 0 unspecified atom stereocenters. The van der Waals surface area contributed by atoms with Crippen LogP contribution in [-0.4, -0.2) is 25.4 Å². The highest BCUT2D eigenvalue weighted by molar-refractivity contribution is 7.89. The predicted octanol–water partition coefficient (Wildman–Crippen LogP) is 4.35. The third kappa shape index (κ3) is 5.87. The van der Waals surface area contributed by atoms with Gasteiger partial charge in [0.15, 0.2) is 0 Å². The Labute approximate surface area is 199 Å². The maximum absolute atomic E-state index is 13.0.